The Kier molecular flexibility index (Phi) is 5.56. The van der Waals surface area contributed by atoms with Gasteiger partial charge < -0.3 is 4.90 Å². The van der Waals surface area contributed by atoms with Crippen molar-refractivity contribution in [2.45, 2.75) is 12.0 Å². The minimum atomic E-state index is 0.218. The van der Waals surface area contributed by atoms with Gasteiger partial charge in [0, 0.05) is 39.2 Å². The normalized spacial score (nSPS) is 16.9. The first-order valence-electron chi connectivity index (χ1n) is 15.0. The lowest BCUT2D eigenvalue weighted by Crippen LogP contribution is -2.28. The molecule has 3 heterocycles. The van der Waals surface area contributed by atoms with Crippen LogP contribution in [-0.4, -0.2) is 25.6 Å². The fourth-order valence-corrected chi connectivity index (χ4v) is 6.80. The van der Waals surface area contributed by atoms with Gasteiger partial charge in [0.25, 0.3) is 0 Å². The molecule has 44 heavy (non-hydrogen) atoms. The van der Waals surface area contributed by atoms with E-state index in [0.29, 0.717) is 17.6 Å². The van der Waals surface area contributed by atoms with Crippen molar-refractivity contribution < 1.29 is 0 Å². The third-order valence-electron chi connectivity index (χ3n) is 8.77. The Hall–Kier alpha value is -5.81. The number of fused-ring (bicyclic) bond motifs is 6. The quantitative estimate of drug-likeness (QED) is 0.214. The molecule has 0 radical (unpaired) electrons. The average Bonchev–Trinajstić information content (AvgIpc) is 3.60. The molecule has 208 valence electrons. The van der Waals surface area contributed by atoms with Crippen molar-refractivity contribution in [3.8, 4) is 28.7 Å². The highest BCUT2D eigenvalue weighted by molar-refractivity contribution is 6.11. The van der Waals surface area contributed by atoms with Gasteiger partial charge in [-0.1, -0.05) is 121 Å². The Morgan fingerprint density at radius 2 is 1.14 bits per heavy atom. The predicted molar refractivity (Wildman–Crippen MR) is 178 cm³/mol. The summed E-state index contributed by atoms with van der Waals surface area (Å²) in [5, 5.41) is 2.34. The van der Waals surface area contributed by atoms with Crippen LogP contribution in [0.5, 0.6) is 0 Å². The van der Waals surface area contributed by atoms with Crippen molar-refractivity contribution in [1.29, 1.82) is 0 Å². The summed E-state index contributed by atoms with van der Waals surface area (Å²) in [4.78, 5) is 17.7. The van der Waals surface area contributed by atoms with E-state index in [1.54, 1.807) is 0 Å². The molecular formula is C39H27N5. The van der Waals surface area contributed by atoms with E-state index >= 15 is 0 Å². The Balaban J connectivity index is 1.33. The topological polar surface area (TPSA) is 46.8 Å². The number of rotatable bonds is 4. The van der Waals surface area contributed by atoms with Crippen LogP contribution in [-0.2, 0) is 0 Å². The fraction of sp³-hybridized carbons (Fsp3) is 0.0513. The van der Waals surface area contributed by atoms with Crippen LogP contribution in [0.3, 0.4) is 0 Å². The van der Waals surface area contributed by atoms with Crippen LogP contribution in [0.25, 0.3) is 50.5 Å². The van der Waals surface area contributed by atoms with E-state index in [1.165, 1.54) is 27.7 Å². The maximum atomic E-state index is 5.11. The van der Waals surface area contributed by atoms with Crippen LogP contribution in [0.1, 0.15) is 11.5 Å². The van der Waals surface area contributed by atoms with Gasteiger partial charge in [-0.15, -0.1) is 0 Å². The van der Waals surface area contributed by atoms with E-state index in [-0.39, 0.29) is 12.0 Å². The minimum absolute atomic E-state index is 0.218. The Bertz CT molecular complexity index is 2180. The molecule has 7 aromatic rings. The number of hydrogen-bond acceptors (Lipinski definition) is 4. The molecule has 2 atom stereocenters. The lowest BCUT2D eigenvalue weighted by Gasteiger charge is -2.28. The molecule has 0 spiro atoms. The molecule has 2 aliphatic rings. The molecule has 0 fully saturated rings. The Labute approximate surface area is 255 Å². The fourth-order valence-electron chi connectivity index (χ4n) is 6.80. The maximum absolute atomic E-state index is 5.11. The number of nitrogens with zero attached hydrogens (tertiary/aromatic N) is 5. The van der Waals surface area contributed by atoms with E-state index in [0.717, 1.165) is 22.2 Å². The first-order valence-corrected chi connectivity index (χ1v) is 15.0. The van der Waals surface area contributed by atoms with Crippen LogP contribution < -0.4 is 4.90 Å². The van der Waals surface area contributed by atoms with Crippen molar-refractivity contribution in [3.05, 3.63) is 157 Å². The summed E-state index contributed by atoms with van der Waals surface area (Å²) in [7, 11) is 0. The highest BCUT2D eigenvalue weighted by atomic mass is 15.2. The summed E-state index contributed by atoms with van der Waals surface area (Å²) in [6.07, 6.45) is 8.98. The molecule has 0 saturated heterocycles. The van der Waals surface area contributed by atoms with E-state index in [4.69, 9.17) is 15.0 Å². The van der Waals surface area contributed by atoms with E-state index < -0.39 is 0 Å². The van der Waals surface area contributed by atoms with Crippen molar-refractivity contribution >= 4 is 33.2 Å². The SMILES string of the molecule is C1=CC2c3cc4c(cc3N(c3ccccc3)C2C=C1)c1ccccc1n4-c1nc(-c2ccccc2)nc(-c2ccccc2)n1. The van der Waals surface area contributed by atoms with Crippen molar-refractivity contribution in [3.63, 3.8) is 0 Å². The van der Waals surface area contributed by atoms with Gasteiger partial charge >= 0.3 is 0 Å². The second kappa shape index (κ2) is 9.89. The van der Waals surface area contributed by atoms with Crippen LogP contribution >= 0.6 is 0 Å². The van der Waals surface area contributed by atoms with Gasteiger partial charge in [-0.2, -0.15) is 9.97 Å². The largest absolute Gasteiger partial charge is 0.333 e. The lowest BCUT2D eigenvalue weighted by molar-refractivity contribution is 0.745. The van der Waals surface area contributed by atoms with Crippen LogP contribution in [0.4, 0.5) is 11.4 Å². The molecule has 0 amide bonds. The summed E-state index contributed by atoms with van der Waals surface area (Å²) in [6, 6.07) is 44.5. The standard InChI is InChI=1S/C39H27N5/c1-4-14-26(15-5-1)37-40-38(27-16-6-2-7-17-27)42-39(41-37)44-34-23-13-11-21-30(34)32-24-35-31(25-36(32)44)29-20-10-12-22-33(29)43(35)28-18-8-3-9-19-28/h1-25,29,33H. The lowest BCUT2D eigenvalue weighted by atomic mass is 9.91. The van der Waals surface area contributed by atoms with Gasteiger partial charge in [0.2, 0.25) is 5.95 Å². The molecular weight excluding hydrogens is 538 g/mol. The van der Waals surface area contributed by atoms with Crippen LogP contribution in [0, 0.1) is 0 Å². The van der Waals surface area contributed by atoms with Gasteiger partial charge in [0.05, 0.1) is 17.1 Å². The maximum Gasteiger partial charge on any atom is 0.238 e. The minimum Gasteiger partial charge on any atom is -0.333 e. The first kappa shape index (κ1) is 24.8. The van der Waals surface area contributed by atoms with Gasteiger partial charge in [-0.3, -0.25) is 4.57 Å². The van der Waals surface area contributed by atoms with E-state index in [9.17, 15) is 0 Å². The van der Waals surface area contributed by atoms with Gasteiger partial charge in [-0.25, -0.2) is 4.98 Å². The molecule has 1 aliphatic heterocycles. The molecule has 0 saturated carbocycles. The molecule has 5 nitrogen and oxygen atoms in total. The van der Waals surface area contributed by atoms with Crippen LogP contribution in [0.2, 0.25) is 0 Å². The van der Waals surface area contributed by atoms with Crippen molar-refractivity contribution in [1.82, 2.24) is 19.5 Å². The second-order valence-corrected chi connectivity index (χ2v) is 11.3. The summed E-state index contributed by atoms with van der Waals surface area (Å²) < 4.78 is 2.22. The number of para-hydroxylation sites is 2. The monoisotopic (exact) mass is 565 g/mol. The molecule has 0 bridgehead atoms. The molecule has 9 rings (SSSR count). The number of allylic oxidation sites excluding steroid dienone is 2. The van der Waals surface area contributed by atoms with E-state index in [1.807, 2.05) is 60.7 Å². The highest BCUT2D eigenvalue weighted by Crippen LogP contribution is 2.50. The summed E-state index contributed by atoms with van der Waals surface area (Å²) in [5.74, 6) is 2.15. The number of aromatic nitrogens is 4. The highest BCUT2D eigenvalue weighted by Gasteiger charge is 2.38. The van der Waals surface area contributed by atoms with Crippen molar-refractivity contribution in [2.75, 3.05) is 4.90 Å². The zero-order valence-electron chi connectivity index (χ0n) is 23.8. The molecule has 2 unspecified atom stereocenters. The molecule has 5 heteroatoms. The summed E-state index contributed by atoms with van der Waals surface area (Å²) in [6.45, 7) is 0. The predicted octanol–water partition coefficient (Wildman–Crippen LogP) is 9.03. The smallest absolute Gasteiger partial charge is 0.238 e. The summed E-state index contributed by atoms with van der Waals surface area (Å²) >= 11 is 0. The number of benzene rings is 5. The van der Waals surface area contributed by atoms with Gasteiger partial charge in [0.15, 0.2) is 11.6 Å². The third kappa shape index (κ3) is 3.83. The summed E-state index contributed by atoms with van der Waals surface area (Å²) in [5.41, 5.74) is 7.80. The zero-order valence-corrected chi connectivity index (χ0v) is 23.8. The number of anilines is 2. The molecule has 1 aliphatic carbocycles. The molecule has 0 N–H and O–H groups in total. The van der Waals surface area contributed by atoms with Gasteiger partial charge in [-0.05, 0) is 35.9 Å². The molecule has 2 aromatic heterocycles. The van der Waals surface area contributed by atoms with Gasteiger partial charge in [0.1, 0.15) is 0 Å². The van der Waals surface area contributed by atoms with Crippen LogP contribution in [0.15, 0.2) is 152 Å². The Morgan fingerprint density at radius 3 is 1.84 bits per heavy atom. The molecule has 5 aromatic carbocycles. The number of hydrogen-bond donors (Lipinski definition) is 0. The zero-order chi connectivity index (χ0) is 29.0. The van der Waals surface area contributed by atoms with Crippen molar-refractivity contribution in [2.24, 2.45) is 0 Å². The average molecular weight is 566 g/mol. The Morgan fingerprint density at radius 1 is 0.523 bits per heavy atom. The van der Waals surface area contributed by atoms with E-state index in [2.05, 4.69) is 101 Å². The third-order valence-corrected chi connectivity index (χ3v) is 8.77. The first-order chi connectivity index (χ1) is 21.8. The second-order valence-electron chi connectivity index (χ2n) is 11.3.